The molecule has 0 bridgehead atoms. The maximum Gasteiger partial charge on any atom is 0.265 e. The van der Waals surface area contributed by atoms with E-state index in [4.69, 9.17) is 0 Å². The highest BCUT2D eigenvalue weighted by molar-refractivity contribution is 6.13. The maximum atomic E-state index is 13.2. The van der Waals surface area contributed by atoms with Gasteiger partial charge >= 0.3 is 0 Å². The first-order valence-electron chi connectivity index (χ1n) is 8.05. The zero-order chi connectivity index (χ0) is 18.1. The molecule has 128 valence electrons. The van der Waals surface area contributed by atoms with Crippen LogP contribution in [-0.2, 0) is 7.05 Å². The molecular formula is C20H21N3O2. The molecule has 1 amide bonds. The number of carbonyl (C=O) groups excluding carboxylic acids is 1. The summed E-state index contributed by atoms with van der Waals surface area (Å²) in [6.07, 6.45) is 0. The maximum absolute atomic E-state index is 13.2. The number of anilines is 2. The number of fused-ring (bicyclic) bond motifs is 1. The van der Waals surface area contributed by atoms with Crippen LogP contribution >= 0.6 is 0 Å². The lowest BCUT2D eigenvalue weighted by Crippen LogP contribution is -2.36. The van der Waals surface area contributed by atoms with Crippen molar-refractivity contribution in [3.05, 3.63) is 70.5 Å². The van der Waals surface area contributed by atoms with Crippen LogP contribution in [0.25, 0.3) is 10.9 Å². The minimum atomic E-state index is -0.318. The Labute approximate surface area is 146 Å². The fourth-order valence-electron chi connectivity index (χ4n) is 3.07. The fourth-order valence-corrected chi connectivity index (χ4v) is 3.07. The van der Waals surface area contributed by atoms with Gasteiger partial charge in [0.1, 0.15) is 5.56 Å². The third-order valence-electron chi connectivity index (χ3n) is 4.39. The Morgan fingerprint density at radius 3 is 2.16 bits per heavy atom. The number of aryl methyl sites for hydroxylation is 1. The zero-order valence-electron chi connectivity index (χ0n) is 14.9. The van der Waals surface area contributed by atoms with E-state index in [9.17, 15) is 9.59 Å². The summed E-state index contributed by atoms with van der Waals surface area (Å²) < 4.78 is 1.54. The number of hydrogen-bond acceptors (Lipinski definition) is 3. The van der Waals surface area contributed by atoms with Gasteiger partial charge in [0.25, 0.3) is 11.5 Å². The Morgan fingerprint density at radius 1 is 0.920 bits per heavy atom. The van der Waals surface area contributed by atoms with Crippen molar-refractivity contribution in [3.8, 4) is 0 Å². The topological polar surface area (TPSA) is 45.6 Å². The van der Waals surface area contributed by atoms with Crippen molar-refractivity contribution in [1.29, 1.82) is 0 Å². The van der Waals surface area contributed by atoms with Crippen molar-refractivity contribution in [2.75, 3.05) is 30.9 Å². The Balaban J connectivity index is 2.29. The van der Waals surface area contributed by atoms with Crippen LogP contribution in [0.3, 0.4) is 0 Å². The van der Waals surface area contributed by atoms with E-state index in [2.05, 4.69) is 0 Å². The monoisotopic (exact) mass is 335 g/mol. The molecule has 0 fully saturated rings. The van der Waals surface area contributed by atoms with Gasteiger partial charge in [0.05, 0.1) is 11.2 Å². The quantitative estimate of drug-likeness (QED) is 0.739. The molecule has 0 radical (unpaired) electrons. The van der Waals surface area contributed by atoms with Crippen LogP contribution < -0.4 is 15.4 Å². The molecule has 0 N–H and O–H groups in total. The summed E-state index contributed by atoms with van der Waals surface area (Å²) >= 11 is 0. The van der Waals surface area contributed by atoms with Gasteiger partial charge in [-0.3, -0.25) is 9.59 Å². The lowest BCUT2D eigenvalue weighted by Gasteiger charge is -2.24. The molecular weight excluding hydrogens is 314 g/mol. The molecule has 3 aromatic rings. The van der Waals surface area contributed by atoms with E-state index >= 15 is 0 Å². The summed E-state index contributed by atoms with van der Waals surface area (Å²) in [5, 5.41) is 0.874. The van der Waals surface area contributed by atoms with E-state index < -0.39 is 0 Å². The highest BCUT2D eigenvalue weighted by atomic mass is 16.2. The molecule has 0 aliphatic heterocycles. The number of amides is 1. The fraction of sp³-hybridized carbons (Fsp3) is 0.200. The summed E-state index contributed by atoms with van der Waals surface area (Å²) in [6, 6.07) is 16.9. The van der Waals surface area contributed by atoms with Crippen molar-refractivity contribution in [3.63, 3.8) is 0 Å². The number of hydrogen-bond donors (Lipinski definition) is 0. The number of pyridine rings is 1. The second kappa shape index (κ2) is 6.43. The van der Waals surface area contributed by atoms with Crippen molar-refractivity contribution in [1.82, 2.24) is 4.57 Å². The summed E-state index contributed by atoms with van der Waals surface area (Å²) in [6.45, 7) is 0. The van der Waals surface area contributed by atoms with E-state index in [-0.39, 0.29) is 17.0 Å². The van der Waals surface area contributed by atoms with E-state index in [1.54, 1.807) is 14.1 Å². The van der Waals surface area contributed by atoms with Gasteiger partial charge in [0, 0.05) is 39.3 Å². The molecule has 0 aliphatic carbocycles. The third kappa shape index (κ3) is 2.78. The van der Waals surface area contributed by atoms with Gasteiger partial charge in [-0.1, -0.05) is 36.4 Å². The largest absolute Gasteiger partial charge is 0.376 e. The number of nitrogens with zero attached hydrogens (tertiary/aromatic N) is 3. The van der Waals surface area contributed by atoms with Crippen LogP contribution in [0.4, 0.5) is 11.4 Å². The third-order valence-corrected chi connectivity index (χ3v) is 4.39. The van der Waals surface area contributed by atoms with Gasteiger partial charge < -0.3 is 14.4 Å². The van der Waals surface area contributed by atoms with Crippen molar-refractivity contribution >= 4 is 28.2 Å². The SMILES string of the molecule is CN(C)c1c(C(=O)N(C)c2ccccc2)c(=O)n(C)c2ccccc12. The summed E-state index contributed by atoms with van der Waals surface area (Å²) in [4.78, 5) is 29.5. The van der Waals surface area contributed by atoms with E-state index in [0.717, 1.165) is 16.6 Å². The molecule has 0 atom stereocenters. The molecule has 0 saturated carbocycles. The summed E-state index contributed by atoms with van der Waals surface area (Å²) in [7, 11) is 7.08. The summed E-state index contributed by atoms with van der Waals surface area (Å²) in [5.41, 5.74) is 2.07. The normalized spacial score (nSPS) is 10.7. The molecule has 1 heterocycles. The molecule has 2 aromatic carbocycles. The second-order valence-corrected chi connectivity index (χ2v) is 6.20. The van der Waals surface area contributed by atoms with Crippen molar-refractivity contribution in [2.45, 2.75) is 0 Å². The van der Waals surface area contributed by atoms with Gasteiger partial charge in [-0.15, -0.1) is 0 Å². The molecule has 0 spiro atoms. The van der Waals surface area contributed by atoms with Crippen molar-refractivity contribution < 1.29 is 4.79 Å². The van der Waals surface area contributed by atoms with Gasteiger partial charge in [-0.2, -0.15) is 0 Å². The van der Waals surface area contributed by atoms with Crippen molar-refractivity contribution in [2.24, 2.45) is 7.05 Å². The summed E-state index contributed by atoms with van der Waals surface area (Å²) in [5.74, 6) is -0.318. The Morgan fingerprint density at radius 2 is 1.52 bits per heavy atom. The lowest BCUT2D eigenvalue weighted by atomic mass is 10.1. The Hall–Kier alpha value is -3.08. The molecule has 0 saturated heterocycles. The first kappa shape index (κ1) is 16.8. The smallest absolute Gasteiger partial charge is 0.265 e. The van der Waals surface area contributed by atoms with Crippen LogP contribution in [0.15, 0.2) is 59.4 Å². The number of aromatic nitrogens is 1. The van der Waals surface area contributed by atoms with E-state index in [0.29, 0.717) is 5.69 Å². The number of rotatable bonds is 3. The zero-order valence-corrected chi connectivity index (χ0v) is 14.9. The molecule has 25 heavy (non-hydrogen) atoms. The Kier molecular flexibility index (Phi) is 4.31. The number of para-hydroxylation sites is 2. The first-order valence-corrected chi connectivity index (χ1v) is 8.05. The number of carbonyl (C=O) groups is 1. The highest BCUT2D eigenvalue weighted by Crippen LogP contribution is 2.28. The molecule has 5 heteroatoms. The van der Waals surface area contributed by atoms with Crippen LogP contribution in [0, 0.1) is 0 Å². The lowest BCUT2D eigenvalue weighted by molar-refractivity contribution is 0.0992. The van der Waals surface area contributed by atoms with Gasteiger partial charge in [-0.25, -0.2) is 0 Å². The highest BCUT2D eigenvalue weighted by Gasteiger charge is 2.25. The predicted octanol–water partition coefficient (Wildman–Crippen LogP) is 2.88. The minimum Gasteiger partial charge on any atom is -0.376 e. The molecule has 0 unspecified atom stereocenters. The van der Waals surface area contributed by atoms with Crippen LogP contribution in [0.1, 0.15) is 10.4 Å². The average molecular weight is 335 g/mol. The molecule has 5 nitrogen and oxygen atoms in total. The van der Waals surface area contributed by atoms with Crippen LogP contribution in [0.5, 0.6) is 0 Å². The number of benzene rings is 2. The standard InChI is InChI=1S/C20H21N3O2/c1-21(2)18-15-12-8-9-13-16(15)23(4)20(25)17(18)19(24)22(3)14-10-6-5-7-11-14/h5-13H,1-4H3. The Bertz CT molecular complexity index is 991. The average Bonchev–Trinajstić information content (AvgIpc) is 2.63. The van der Waals surface area contributed by atoms with E-state index in [1.165, 1.54) is 9.47 Å². The van der Waals surface area contributed by atoms with E-state index in [1.807, 2.05) is 73.6 Å². The van der Waals surface area contributed by atoms with Gasteiger partial charge in [0.2, 0.25) is 0 Å². The van der Waals surface area contributed by atoms with Gasteiger partial charge in [0.15, 0.2) is 0 Å². The molecule has 3 rings (SSSR count). The first-order chi connectivity index (χ1) is 11.9. The second-order valence-electron chi connectivity index (χ2n) is 6.20. The molecule has 1 aromatic heterocycles. The molecule has 0 aliphatic rings. The van der Waals surface area contributed by atoms with Crippen LogP contribution in [-0.4, -0.2) is 31.6 Å². The predicted molar refractivity (Wildman–Crippen MR) is 103 cm³/mol. The minimum absolute atomic E-state index is 0.178. The van der Waals surface area contributed by atoms with Gasteiger partial charge in [-0.05, 0) is 18.2 Å². The van der Waals surface area contributed by atoms with Crippen LogP contribution in [0.2, 0.25) is 0 Å².